The molecular weight excluding hydrogens is 363 g/mol. The van der Waals surface area contributed by atoms with E-state index in [2.05, 4.69) is 12.2 Å². The SMILES string of the molecule is Br.Br.[C-]1=CC=CC1.[CH3-].[CH3-].[SiH2]=[Zr]. The summed E-state index contributed by atoms with van der Waals surface area (Å²) < 4.78 is 0. The van der Waals surface area contributed by atoms with Crippen molar-refractivity contribution in [2.75, 3.05) is 0 Å². The minimum atomic E-state index is 0. The van der Waals surface area contributed by atoms with Crippen LogP contribution in [0.2, 0.25) is 0 Å². The summed E-state index contributed by atoms with van der Waals surface area (Å²) in [6.07, 6.45) is 10.0. The monoisotopic (exact) mass is 375 g/mol. The molecule has 1 rings (SSSR count). The third-order valence-electron chi connectivity index (χ3n) is 0.586. The average Bonchev–Trinajstić information content (AvgIpc) is 2.23. The average molecular weight is 378 g/mol. The molecule has 0 aliphatic heterocycles. The molecule has 4 heteroatoms. The Morgan fingerprint density at radius 2 is 1.64 bits per heavy atom. The molecule has 0 nitrogen and oxygen atoms in total. The van der Waals surface area contributed by atoms with Gasteiger partial charge in [0.15, 0.2) is 0 Å². The van der Waals surface area contributed by atoms with Crippen molar-refractivity contribution in [2.45, 2.75) is 6.42 Å². The van der Waals surface area contributed by atoms with E-state index in [-0.39, 0.29) is 48.8 Å². The fraction of sp³-hybridized carbons (Fsp3) is 0.143. The summed E-state index contributed by atoms with van der Waals surface area (Å²) >= 11 is 1.58. The number of hydrogen-bond acceptors (Lipinski definition) is 0. The fourth-order valence-electron chi connectivity index (χ4n) is 0.340. The van der Waals surface area contributed by atoms with Crippen LogP contribution in [-0.2, 0) is 23.3 Å². The Bertz CT molecular complexity index is 84.4. The summed E-state index contributed by atoms with van der Waals surface area (Å²) in [6.45, 7) is 1.95. The van der Waals surface area contributed by atoms with E-state index in [1.165, 1.54) is 0 Å². The van der Waals surface area contributed by atoms with Gasteiger partial charge in [-0.05, 0) is 0 Å². The molecule has 0 bridgehead atoms. The van der Waals surface area contributed by atoms with Gasteiger partial charge in [-0.1, -0.05) is 0 Å². The molecule has 0 amide bonds. The molecule has 0 spiro atoms. The zero-order valence-electron chi connectivity index (χ0n) is 6.96. The van der Waals surface area contributed by atoms with Gasteiger partial charge >= 0.3 is 30.2 Å². The summed E-state index contributed by atoms with van der Waals surface area (Å²) in [5.74, 6) is 0. The number of hydrogen-bond donors (Lipinski definition) is 0. The van der Waals surface area contributed by atoms with Gasteiger partial charge in [0, 0.05) is 0 Å². The second-order valence-corrected chi connectivity index (χ2v) is 1.00. The van der Waals surface area contributed by atoms with Crippen LogP contribution >= 0.6 is 34.0 Å². The van der Waals surface area contributed by atoms with E-state index in [1.807, 2.05) is 19.0 Å². The van der Waals surface area contributed by atoms with Crippen LogP contribution in [0.1, 0.15) is 6.42 Å². The van der Waals surface area contributed by atoms with Gasteiger partial charge in [0.2, 0.25) is 0 Å². The van der Waals surface area contributed by atoms with Crippen LogP contribution in [0, 0.1) is 20.9 Å². The van der Waals surface area contributed by atoms with Crippen molar-refractivity contribution in [1.29, 1.82) is 0 Å². The molecule has 0 unspecified atom stereocenters. The third-order valence-corrected chi connectivity index (χ3v) is 0.586. The predicted molar refractivity (Wildman–Crippen MR) is 63.6 cm³/mol. The molecule has 0 N–H and O–H groups in total. The van der Waals surface area contributed by atoms with Crippen molar-refractivity contribution in [3.05, 3.63) is 39.2 Å². The first kappa shape index (κ1) is 29.4. The van der Waals surface area contributed by atoms with Crippen LogP contribution in [0.25, 0.3) is 0 Å². The maximum atomic E-state index is 2.99. The first-order chi connectivity index (χ1) is 3.50. The normalized spacial score (nSPS) is 8.27. The van der Waals surface area contributed by atoms with E-state index in [1.54, 1.807) is 23.3 Å². The zero-order valence-corrected chi connectivity index (χ0v) is 14.3. The van der Waals surface area contributed by atoms with E-state index in [9.17, 15) is 0 Å². The van der Waals surface area contributed by atoms with Gasteiger partial charge < -0.3 is 14.9 Å². The zero-order chi connectivity index (χ0) is 5.54. The van der Waals surface area contributed by atoms with Gasteiger partial charge in [-0.15, -0.1) is 40.4 Å². The van der Waals surface area contributed by atoms with Crippen LogP contribution in [0.15, 0.2) is 18.2 Å². The number of allylic oxidation sites excluding steroid dienone is 4. The summed E-state index contributed by atoms with van der Waals surface area (Å²) in [7, 11) is 0. The first-order valence-corrected chi connectivity index (χ1v) is 7.99. The Hall–Kier alpha value is 1.54. The van der Waals surface area contributed by atoms with E-state index in [0.29, 0.717) is 0 Å². The molecule has 11 heavy (non-hydrogen) atoms. The first-order valence-electron chi connectivity index (χ1n) is 2.07. The van der Waals surface area contributed by atoms with Gasteiger partial charge in [0.05, 0.1) is 0 Å². The van der Waals surface area contributed by atoms with E-state index in [4.69, 9.17) is 0 Å². The van der Waals surface area contributed by atoms with Gasteiger partial charge in [-0.25, -0.2) is 12.2 Å². The van der Waals surface area contributed by atoms with Crippen molar-refractivity contribution in [3.63, 3.8) is 0 Å². The number of rotatable bonds is 0. The topological polar surface area (TPSA) is 0 Å². The van der Waals surface area contributed by atoms with Gasteiger partial charge in [-0.3, -0.25) is 6.08 Å². The van der Waals surface area contributed by atoms with Crippen LogP contribution in [0.3, 0.4) is 0 Å². The Kier molecular flexibility index (Phi) is 80.0. The van der Waals surface area contributed by atoms with Crippen LogP contribution < -0.4 is 0 Å². The second kappa shape index (κ2) is 30.0. The standard InChI is InChI=1S/C5H5.2CH3.2BrH.H2Si.Zr/c1-2-4-5-3-1;;;;;;/h1-3H,4H2;2*1H3;2*1H;1H2;/q3*-1;;;;. The number of halogens is 2. The van der Waals surface area contributed by atoms with Crippen molar-refractivity contribution in [2.24, 2.45) is 0 Å². The van der Waals surface area contributed by atoms with Gasteiger partial charge in [-0.2, -0.15) is 6.08 Å². The molecule has 0 radical (unpaired) electrons. The molecule has 0 atom stereocenters. The molecule has 0 heterocycles. The Labute approximate surface area is 109 Å². The summed E-state index contributed by atoms with van der Waals surface area (Å²) in [5.41, 5.74) is 0. The fourth-order valence-corrected chi connectivity index (χ4v) is 0.340. The van der Waals surface area contributed by atoms with E-state index in [0.717, 1.165) is 6.42 Å². The summed E-state index contributed by atoms with van der Waals surface area (Å²) in [6, 6.07) is 0. The van der Waals surface area contributed by atoms with Gasteiger partial charge in [0.25, 0.3) is 0 Å². The molecule has 0 fully saturated rings. The molecule has 0 aromatic carbocycles. The molecule has 1 aliphatic carbocycles. The quantitative estimate of drug-likeness (QED) is 0.449. The molecule has 1 aliphatic rings. The van der Waals surface area contributed by atoms with Crippen molar-refractivity contribution < 1.29 is 23.3 Å². The van der Waals surface area contributed by atoms with Crippen LogP contribution in [0.5, 0.6) is 0 Å². The molecule has 68 valence electrons. The van der Waals surface area contributed by atoms with Crippen LogP contribution in [0.4, 0.5) is 0 Å². The second-order valence-electron chi connectivity index (χ2n) is 1.00. The van der Waals surface area contributed by atoms with Gasteiger partial charge in [0.1, 0.15) is 0 Å². The summed E-state index contributed by atoms with van der Waals surface area (Å²) in [4.78, 5) is 0. The Morgan fingerprint density at radius 3 is 1.73 bits per heavy atom. The molecule has 0 saturated carbocycles. The molecule has 0 aromatic heterocycles. The molecule has 0 saturated heterocycles. The van der Waals surface area contributed by atoms with Crippen molar-refractivity contribution >= 4 is 40.8 Å². The molecule has 0 aromatic rings. The maximum absolute atomic E-state index is 2.99. The van der Waals surface area contributed by atoms with Crippen LogP contribution in [-0.4, -0.2) is 6.88 Å². The minimum absolute atomic E-state index is 0. The summed E-state index contributed by atoms with van der Waals surface area (Å²) in [5, 5.41) is 0. The third kappa shape index (κ3) is 24.6. The van der Waals surface area contributed by atoms with E-state index < -0.39 is 0 Å². The Morgan fingerprint density at radius 1 is 1.18 bits per heavy atom. The Balaban J connectivity index is -0.0000000189. The predicted octanol–water partition coefficient (Wildman–Crippen LogP) is 2.44. The van der Waals surface area contributed by atoms with Crippen molar-refractivity contribution in [3.8, 4) is 0 Å². The van der Waals surface area contributed by atoms with E-state index >= 15 is 0 Å². The molecular formula is C7H15Br2SiZr-3. The van der Waals surface area contributed by atoms with Crippen molar-refractivity contribution in [1.82, 2.24) is 0 Å².